The number of ether oxygens (including phenoxy) is 1. The molecule has 0 saturated carbocycles. The van der Waals surface area contributed by atoms with Crippen LogP contribution >= 0.6 is 11.6 Å². The first-order chi connectivity index (χ1) is 13.1. The smallest absolute Gasteiger partial charge is 0.220 e. The van der Waals surface area contributed by atoms with Gasteiger partial charge in [-0.2, -0.15) is 5.10 Å². The van der Waals surface area contributed by atoms with E-state index in [0.29, 0.717) is 26.1 Å². The van der Waals surface area contributed by atoms with Crippen molar-refractivity contribution in [3.8, 4) is 5.88 Å². The van der Waals surface area contributed by atoms with Crippen LogP contribution in [0.2, 0.25) is 5.02 Å². The molecule has 28 heavy (non-hydrogen) atoms. The number of aromatic hydroxyl groups is 1. The van der Waals surface area contributed by atoms with E-state index in [4.69, 9.17) is 16.3 Å². The van der Waals surface area contributed by atoms with Gasteiger partial charge in [0.15, 0.2) is 9.84 Å². The predicted octanol–water partition coefficient (Wildman–Crippen LogP) is 2.37. The Morgan fingerprint density at radius 3 is 2.57 bits per heavy atom. The number of anilines is 1. The molecule has 0 spiro atoms. The Morgan fingerprint density at radius 1 is 1.36 bits per heavy atom. The van der Waals surface area contributed by atoms with Crippen molar-refractivity contribution in [2.45, 2.75) is 24.8 Å². The molecule has 10 heteroatoms. The summed E-state index contributed by atoms with van der Waals surface area (Å²) in [5.41, 5.74) is 0.339. The standard InChI is InChI=1S/C18H24ClN3O5S/c1-5-22-18(24)13(11-20-22)17(23)12-7-8-14(28(4,25)26)16(15(12)19)21(2)9-6-10-27-3/h7-8,11,24H,5-6,9-10H2,1-4H3. The van der Waals surface area contributed by atoms with Gasteiger partial charge in [-0.3, -0.25) is 4.79 Å². The second-order valence-electron chi connectivity index (χ2n) is 6.34. The van der Waals surface area contributed by atoms with Crippen molar-refractivity contribution in [3.63, 3.8) is 0 Å². The van der Waals surface area contributed by atoms with Gasteiger partial charge >= 0.3 is 0 Å². The maximum absolute atomic E-state index is 12.9. The van der Waals surface area contributed by atoms with Crippen molar-refractivity contribution in [1.82, 2.24) is 9.78 Å². The van der Waals surface area contributed by atoms with E-state index in [1.165, 1.54) is 23.0 Å². The Labute approximate surface area is 169 Å². The van der Waals surface area contributed by atoms with Crippen LogP contribution in [-0.4, -0.2) is 62.7 Å². The number of rotatable bonds is 9. The third kappa shape index (κ3) is 4.48. The number of ketones is 1. The number of hydrogen-bond donors (Lipinski definition) is 1. The summed E-state index contributed by atoms with van der Waals surface area (Å²) in [4.78, 5) is 14.6. The molecule has 0 unspecified atom stereocenters. The number of sulfone groups is 1. The van der Waals surface area contributed by atoms with Crippen LogP contribution in [0.4, 0.5) is 5.69 Å². The predicted molar refractivity (Wildman–Crippen MR) is 107 cm³/mol. The largest absolute Gasteiger partial charge is 0.493 e. The normalized spacial score (nSPS) is 11.6. The summed E-state index contributed by atoms with van der Waals surface area (Å²) in [6, 6.07) is 2.72. The van der Waals surface area contributed by atoms with Crippen LogP contribution in [0.5, 0.6) is 5.88 Å². The highest BCUT2D eigenvalue weighted by Gasteiger charge is 2.26. The molecule has 0 saturated heterocycles. The van der Waals surface area contributed by atoms with Crippen LogP contribution in [0.25, 0.3) is 0 Å². The van der Waals surface area contributed by atoms with Crippen molar-refractivity contribution < 1.29 is 23.1 Å². The van der Waals surface area contributed by atoms with Gasteiger partial charge in [0.25, 0.3) is 0 Å². The molecule has 0 aliphatic rings. The minimum absolute atomic E-state index is 0.00356. The Balaban J connectivity index is 2.56. The van der Waals surface area contributed by atoms with Gasteiger partial charge < -0.3 is 14.7 Å². The van der Waals surface area contributed by atoms with Crippen LogP contribution in [0.3, 0.4) is 0 Å². The van der Waals surface area contributed by atoms with Gasteiger partial charge in [-0.25, -0.2) is 13.1 Å². The van der Waals surface area contributed by atoms with Gasteiger partial charge in [-0.1, -0.05) is 11.6 Å². The molecule has 0 fully saturated rings. The Hall–Kier alpha value is -2.10. The number of carbonyl (C=O) groups is 1. The fraction of sp³-hybridized carbons (Fsp3) is 0.444. The zero-order chi connectivity index (χ0) is 21.1. The molecule has 0 bridgehead atoms. The molecular weight excluding hydrogens is 406 g/mol. The second kappa shape index (κ2) is 8.93. The number of benzene rings is 1. The molecule has 154 valence electrons. The van der Waals surface area contributed by atoms with Crippen LogP contribution in [0, 0.1) is 0 Å². The fourth-order valence-corrected chi connectivity index (χ4v) is 4.23. The van der Waals surface area contributed by atoms with Crippen LogP contribution < -0.4 is 4.90 Å². The number of nitrogens with zero attached hydrogens (tertiary/aromatic N) is 3. The molecular formula is C18H24ClN3O5S. The van der Waals surface area contributed by atoms with E-state index in [9.17, 15) is 18.3 Å². The highest BCUT2D eigenvalue weighted by Crippen LogP contribution is 2.37. The number of aryl methyl sites for hydroxylation is 1. The lowest BCUT2D eigenvalue weighted by molar-refractivity contribution is 0.103. The van der Waals surface area contributed by atoms with Crippen molar-refractivity contribution in [2.75, 3.05) is 38.5 Å². The average molecular weight is 430 g/mol. The third-order valence-electron chi connectivity index (χ3n) is 4.30. The lowest BCUT2D eigenvalue weighted by Gasteiger charge is -2.24. The van der Waals surface area contributed by atoms with Crippen LogP contribution in [-0.2, 0) is 21.1 Å². The second-order valence-corrected chi connectivity index (χ2v) is 8.70. The fourth-order valence-electron chi connectivity index (χ4n) is 2.85. The molecule has 0 aliphatic carbocycles. The van der Waals surface area contributed by atoms with Gasteiger partial charge in [0.05, 0.1) is 21.8 Å². The zero-order valence-corrected chi connectivity index (χ0v) is 17.8. The molecule has 8 nitrogen and oxygen atoms in total. The molecule has 2 aromatic rings. The van der Waals surface area contributed by atoms with Gasteiger partial charge in [-0.05, 0) is 25.5 Å². The monoisotopic (exact) mass is 429 g/mol. The summed E-state index contributed by atoms with van der Waals surface area (Å²) < 4.78 is 30.8. The Morgan fingerprint density at radius 2 is 2.04 bits per heavy atom. The number of aromatic nitrogens is 2. The van der Waals surface area contributed by atoms with Gasteiger partial charge in [0, 0.05) is 45.7 Å². The van der Waals surface area contributed by atoms with E-state index in [2.05, 4.69) is 5.10 Å². The maximum atomic E-state index is 12.9. The van der Waals surface area contributed by atoms with E-state index >= 15 is 0 Å². The highest BCUT2D eigenvalue weighted by atomic mass is 35.5. The summed E-state index contributed by atoms with van der Waals surface area (Å²) in [5, 5.41) is 14.1. The molecule has 1 aromatic carbocycles. The van der Waals surface area contributed by atoms with Gasteiger partial charge in [0.2, 0.25) is 11.7 Å². The van der Waals surface area contributed by atoms with Gasteiger partial charge in [0.1, 0.15) is 5.56 Å². The molecule has 2 rings (SSSR count). The summed E-state index contributed by atoms with van der Waals surface area (Å²) >= 11 is 6.50. The number of halogens is 1. The summed E-state index contributed by atoms with van der Waals surface area (Å²) in [7, 11) is -0.300. The zero-order valence-electron chi connectivity index (χ0n) is 16.3. The Kier molecular flexibility index (Phi) is 7.08. The number of methoxy groups -OCH3 is 1. The van der Waals surface area contributed by atoms with Crippen molar-refractivity contribution in [2.24, 2.45) is 0 Å². The van der Waals surface area contributed by atoms with E-state index in [0.717, 1.165) is 6.26 Å². The summed E-state index contributed by atoms with van der Waals surface area (Å²) in [6.45, 7) is 3.15. The Bertz CT molecular complexity index is 972. The van der Waals surface area contributed by atoms with Crippen LogP contribution in [0.15, 0.2) is 23.2 Å². The van der Waals surface area contributed by atoms with E-state index in [1.807, 2.05) is 0 Å². The van der Waals surface area contributed by atoms with E-state index < -0.39 is 15.6 Å². The summed E-state index contributed by atoms with van der Waals surface area (Å²) in [5.74, 6) is -0.792. The summed E-state index contributed by atoms with van der Waals surface area (Å²) in [6.07, 6.45) is 3.00. The van der Waals surface area contributed by atoms with Crippen LogP contribution in [0.1, 0.15) is 29.3 Å². The van der Waals surface area contributed by atoms with Crippen molar-refractivity contribution >= 4 is 32.9 Å². The molecule has 1 heterocycles. The third-order valence-corrected chi connectivity index (χ3v) is 5.81. The molecule has 0 amide bonds. The molecule has 0 aliphatic heterocycles. The minimum Gasteiger partial charge on any atom is -0.493 e. The molecule has 1 N–H and O–H groups in total. The lowest BCUT2D eigenvalue weighted by Crippen LogP contribution is -2.23. The first-order valence-corrected chi connectivity index (χ1v) is 10.9. The number of hydrogen-bond acceptors (Lipinski definition) is 7. The lowest BCUT2D eigenvalue weighted by atomic mass is 10.0. The highest BCUT2D eigenvalue weighted by molar-refractivity contribution is 7.90. The first kappa shape index (κ1) is 22.2. The first-order valence-electron chi connectivity index (χ1n) is 8.65. The van der Waals surface area contributed by atoms with E-state index in [-0.39, 0.29) is 32.6 Å². The minimum atomic E-state index is -3.58. The quantitative estimate of drug-likeness (QED) is 0.482. The average Bonchev–Trinajstić information content (AvgIpc) is 3.00. The van der Waals surface area contributed by atoms with Gasteiger partial charge in [-0.15, -0.1) is 0 Å². The molecule has 1 aromatic heterocycles. The topological polar surface area (TPSA) is 102 Å². The van der Waals surface area contributed by atoms with Crippen molar-refractivity contribution in [1.29, 1.82) is 0 Å². The van der Waals surface area contributed by atoms with E-state index in [1.54, 1.807) is 26.0 Å². The van der Waals surface area contributed by atoms with Crippen molar-refractivity contribution in [3.05, 3.63) is 34.5 Å². The number of carbonyl (C=O) groups excluding carboxylic acids is 1. The molecule has 0 atom stereocenters. The maximum Gasteiger partial charge on any atom is 0.220 e. The SMILES string of the molecule is CCn1ncc(C(=O)c2ccc(S(C)(=O)=O)c(N(C)CCCOC)c2Cl)c1O. The molecule has 0 radical (unpaired) electrons.